The van der Waals surface area contributed by atoms with Gasteiger partial charge in [-0.25, -0.2) is 4.79 Å². The number of urea groups is 1. The van der Waals surface area contributed by atoms with E-state index in [1.165, 1.54) is 0 Å². The van der Waals surface area contributed by atoms with Crippen molar-refractivity contribution in [3.05, 3.63) is 0 Å². The standard InChI is InChI=1S/C8H14N2O3S/c11-7(12)4-10-8(13)9-3-6-1-2-14-5-6/h6H,1-5H2,(H,11,12)(H2,9,10,13). The summed E-state index contributed by atoms with van der Waals surface area (Å²) in [6.07, 6.45) is 1.13. The molecule has 80 valence electrons. The molecule has 1 aliphatic heterocycles. The van der Waals surface area contributed by atoms with Crippen LogP contribution in [0.2, 0.25) is 0 Å². The predicted octanol–water partition coefficient (Wildman–Crippen LogP) is 0.123. The number of carboxylic acid groups (broad SMARTS) is 1. The zero-order valence-corrected chi connectivity index (χ0v) is 8.60. The highest BCUT2D eigenvalue weighted by atomic mass is 32.2. The number of rotatable bonds is 4. The van der Waals surface area contributed by atoms with Crippen LogP contribution in [0.25, 0.3) is 0 Å². The SMILES string of the molecule is O=C(O)CNC(=O)NCC1CCSC1. The van der Waals surface area contributed by atoms with Crippen molar-refractivity contribution in [3.8, 4) is 0 Å². The van der Waals surface area contributed by atoms with Crippen LogP contribution in [0.5, 0.6) is 0 Å². The van der Waals surface area contributed by atoms with Gasteiger partial charge in [-0.3, -0.25) is 4.79 Å². The quantitative estimate of drug-likeness (QED) is 0.626. The van der Waals surface area contributed by atoms with Crippen LogP contribution in [0.15, 0.2) is 0 Å². The fourth-order valence-corrected chi connectivity index (χ4v) is 2.48. The molecule has 1 unspecified atom stereocenters. The van der Waals surface area contributed by atoms with E-state index < -0.39 is 12.0 Å². The number of thioether (sulfide) groups is 1. The second kappa shape index (κ2) is 5.74. The Labute approximate surface area is 86.6 Å². The van der Waals surface area contributed by atoms with E-state index in [1.807, 2.05) is 11.8 Å². The lowest BCUT2D eigenvalue weighted by molar-refractivity contribution is -0.135. The molecule has 5 nitrogen and oxygen atoms in total. The first-order valence-electron chi connectivity index (χ1n) is 4.49. The Hall–Kier alpha value is -0.910. The summed E-state index contributed by atoms with van der Waals surface area (Å²) in [6.45, 7) is 0.309. The largest absolute Gasteiger partial charge is 0.480 e. The molecule has 0 bridgehead atoms. The third-order valence-corrected chi connectivity index (χ3v) is 3.21. The van der Waals surface area contributed by atoms with Crippen LogP contribution in [0.4, 0.5) is 4.79 Å². The summed E-state index contributed by atoms with van der Waals surface area (Å²) in [5.41, 5.74) is 0. The summed E-state index contributed by atoms with van der Waals surface area (Å²) >= 11 is 1.89. The number of carbonyl (C=O) groups excluding carboxylic acids is 1. The smallest absolute Gasteiger partial charge is 0.323 e. The van der Waals surface area contributed by atoms with Crippen LogP contribution in [0.3, 0.4) is 0 Å². The maximum Gasteiger partial charge on any atom is 0.323 e. The van der Waals surface area contributed by atoms with Gasteiger partial charge >= 0.3 is 12.0 Å². The minimum Gasteiger partial charge on any atom is -0.480 e. The average Bonchev–Trinajstić information content (AvgIpc) is 2.63. The van der Waals surface area contributed by atoms with Crippen molar-refractivity contribution in [1.82, 2.24) is 10.6 Å². The average molecular weight is 218 g/mol. The fourth-order valence-electron chi connectivity index (χ4n) is 1.20. The summed E-state index contributed by atoms with van der Waals surface area (Å²) < 4.78 is 0. The Balaban J connectivity index is 2.05. The van der Waals surface area contributed by atoms with Crippen molar-refractivity contribution in [2.45, 2.75) is 6.42 Å². The second-order valence-electron chi connectivity index (χ2n) is 3.19. The molecule has 0 aromatic heterocycles. The van der Waals surface area contributed by atoms with Crippen molar-refractivity contribution >= 4 is 23.8 Å². The number of hydrogen-bond acceptors (Lipinski definition) is 3. The molecule has 0 aromatic rings. The fraction of sp³-hybridized carbons (Fsp3) is 0.750. The molecule has 0 aromatic carbocycles. The maximum absolute atomic E-state index is 11.0. The molecule has 0 radical (unpaired) electrons. The van der Waals surface area contributed by atoms with Gasteiger partial charge in [-0.2, -0.15) is 11.8 Å². The van der Waals surface area contributed by atoms with Gasteiger partial charge in [0.15, 0.2) is 0 Å². The lowest BCUT2D eigenvalue weighted by Gasteiger charge is -2.09. The molecule has 1 saturated heterocycles. The van der Waals surface area contributed by atoms with E-state index in [1.54, 1.807) is 0 Å². The second-order valence-corrected chi connectivity index (χ2v) is 4.34. The van der Waals surface area contributed by atoms with Crippen LogP contribution in [-0.2, 0) is 4.79 Å². The number of carboxylic acids is 1. The summed E-state index contributed by atoms with van der Waals surface area (Å²) in [6, 6.07) is -0.399. The summed E-state index contributed by atoms with van der Waals surface area (Å²) in [4.78, 5) is 21.1. The molecule has 3 N–H and O–H groups in total. The molecule has 0 aliphatic carbocycles. The Morgan fingerprint density at radius 1 is 1.43 bits per heavy atom. The molecular formula is C8H14N2O3S. The highest BCUT2D eigenvalue weighted by Gasteiger charge is 2.15. The van der Waals surface area contributed by atoms with E-state index >= 15 is 0 Å². The van der Waals surface area contributed by atoms with Gasteiger partial charge in [0.1, 0.15) is 6.54 Å². The van der Waals surface area contributed by atoms with E-state index in [0.717, 1.165) is 17.9 Å². The zero-order valence-electron chi connectivity index (χ0n) is 7.78. The minimum absolute atomic E-state index is 0.328. The molecule has 0 saturated carbocycles. The maximum atomic E-state index is 11.0. The number of aliphatic carboxylic acids is 1. The Morgan fingerprint density at radius 2 is 2.21 bits per heavy atom. The minimum atomic E-state index is -1.03. The molecule has 1 fully saturated rings. The molecule has 1 aliphatic rings. The molecule has 6 heteroatoms. The van der Waals surface area contributed by atoms with E-state index in [0.29, 0.717) is 12.5 Å². The number of carbonyl (C=O) groups is 2. The van der Waals surface area contributed by atoms with Gasteiger partial charge in [-0.05, 0) is 23.8 Å². The third-order valence-electron chi connectivity index (χ3n) is 1.98. The van der Waals surface area contributed by atoms with E-state index in [2.05, 4.69) is 10.6 Å². The van der Waals surface area contributed by atoms with Gasteiger partial charge in [0, 0.05) is 6.54 Å². The molecule has 1 rings (SSSR count). The van der Waals surface area contributed by atoms with Crippen LogP contribution >= 0.6 is 11.8 Å². The zero-order chi connectivity index (χ0) is 10.4. The van der Waals surface area contributed by atoms with Crippen molar-refractivity contribution in [2.75, 3.05) is 24.6 Å². The van der Waals surface area contributed by atoms with Gasteiger partial charge in [0.2, 0.25) is 0 Å². The monoisotopic (exact) mass is 218 g/mol. The Morgan fingerprint density at radius 3 is 2.79 bits per heavy atom. The molecule has 2 amide bonds. The topological polar surface area (TPSA) is 78.4 Å². The van der Waals surface area contributed by atoms with Crippen molar-refractivity contribution in [2.24, 2.45) is 5.92 Å². The van der Waals surface area contributed by atoms with Crippen molar-refractivity contribution in [3.63, 3.8) is 0 Å². The van der Waals surface area contributed by atoms with Crippen LogP contribution in [-0.4, -0.2) is 41.7 Å². The first-order valence-corrected chi connectivity index (χ1v) is 5.65. The van der Waals surface area contributed by atoms with E-state index in [4.69, 9.17) is 5.11 Å². The van der Waals surface area contributed by atoms with Gasteiger partial charge < -0.3 is 15.7 Å². The first kappa shape index (κ1) is 11.2. The highest BCUT2D eigenvalue weighted by Crippen LogP contribution is 2.22. The molecule has 1 atom stereocenters. The van der Waals surface area contributed by atoms with Crippen molar-refractivity contribution in [1.29, 1.82) is 0 Å². The highest BCUT2D eigenvalue weighted by molar-refractivity contribution is 7.99. The van der Waals surface area contributed by atoms with Gasteiger partial charge in [-0.15, -0.1) is 0 Å². The van der Waals surface area contributed by atoms with E-state index in [9.17, 15) is 9.59 Å². The van der Waals surface area contributed by atoms with Gasteiger partial charge in [-0.1, -0.05) is 0 Å². The lowest BCUT2D eigenvalue weighted by atomic mass is 10.1. The summed E-state index contributed by atoms with van der Waals surface area (Å²) in [7, 11) is 0. The van der Waals surface area contributed by atoms with Gasteiger partial charge in [0.25, 0.3) is 0 Å². The number of amides is 2. The summed E-state index contributed by atoms with van der Waals surface area (Å²) in [5, 5.41) is 13.2. The Bertz CT molecular complexity index is 217. The summed E-state index contributed by atoms with van der Waals surface area (Å²) in [5.74, 6) is 1.75. The van der Waals surface area contributed by atoms with Crippen molar-refractivity contribution < 1.29 is 14.7 Å². The van der Waals surface area contributed by atoms with Crippen LogP contribution in [0.1, 0.15) is 6.42 Å². The van der Waals surface area contributed by atoms with E-state index in [-0.39, 0.29) is 6.54 Å². The first-order chi connectivity index (χ1) is 6.68. The van der Waals surface area contributed by atoms with Crippen LogP contribution < -0.4 is 10.6 Å². The van der Waals surface area contributed by atoms with Crippen LogP contribution in [0, 0.1) is 5.92 Å². The molecule has 14 heavy (non-hydrogen) atoms. The number of nitrogens with one attached hydrogen (secondary N) is 2. The Kier molecular flexibility index (Phi) is 4.58. The predicted molar refractivity (Wildman–Crippen MR) is 54.5 cm³/mol. The lowest BCUT2D eigenvalue weighted by Crippen LogP contribution is -2.40. The van der Waals surface area contributed by atoms with Gasteiger partial charge in [0.05, 0.1) is 0 Å². The third kappa shape index (κ3) is 4.36. The molecule has 1 heterocycles. The normalized spacial score (nSPS) is 20.4. The molecular weight excluding hydrogens is 204 g/mol. The number of hydrogen-bond donors (Lipinski definition) is 3. The molecule has 0 spiro atoms.